The molecule has 2 N–H and O–H groups in total. The van der Waals surface area contributed by atoms with Crippen LogP contribution in [-0.4, -0.2) is 48.2 Å². The van der Waals surface area contributed by atoms with Gasteiger partial charge in [-0.15, -0.1) is 24.8 Å². The molecule has 1 saturated heterocycles. The molecule has 3 heterocycles. The average molecular weight is 425 g/mol. The van der Waals surface area contributed by atoms with Crippen LogP contribution in [0.15, 0.2) is 58.3 Å². The topological polar surface area (TPSA) is 68.9 Å². The maximum Gasteiger partial charge on any atom is 0.168 e. The van der Waals surface area contributed by atoms with E-state index >= 15 is 0 Å². The second-order valence-corrected chi connectivity index (χ2v) is 6.53. The Labute approximate surface area is 177 Å². The lowest BCUT2D eigenvalue weighted by atomic mass is 10.2. The maximum absolute atomic E-state index is 6.03. The van der Waals surface area contributed by atoms with E-state index in [1.54, 1.807) is 12.3 Å². The van der Waals surface area contributed by atoms with E-state index in [0.717, 1.165) is 51.5 Å². The van der Waals surface area contributed by atoms with Crippen molar-refractivity contribution in [1.82, 2.24) is 9.47 Å². The van der Waals surface area contributed by atoms with E-state index in [2.05, 4.69) is 38.9 Å². The number of fused-ring (bicyclic) bond motifs is 1. The number of rotatable bonds is 6. The van der Waals surface area contributed by atoms with Gasteiger partial charge >= 0.3 is 0 Å². The number of morpholine rings is 1. The van der Waals surface area contributed by atoms with Gasteiger partial charge in [0.25, 0.3) is 0 Å². The molecule has 6 nitrogen and oxygen atoms in total. The number of furan rings is 1. The lowest BCUT2D eigenvalue weighted by Crippen LogP contribution is -2.37. The molecule has 1 aromatic carbocycles. The molecule has 0 amide bonds. The third-order valence-corrected chi connectivity index (χ3v) is 4.76. The average Bonchev–Trinajstić information content (AvgIpc) is 3.33. The van der Waals surface area contributed by atoms with Crippen molar-refractivity contribution in [2.24, 2.45) is 10.7 Å². The van der Waals surface area contributed by atoms with Crippen LogP contribution < -0.4 is 5.73 Å². The molecule has 0 radical (unpaired) electrons. The Bertz CT molecular complexity index is 887. The van der Waals surface area contributed by atoms with Crippen LogP contribution in [0, 0.1) is 0 Å². The summed E-state index contributed by atoms with van der Waals surface area (Å²) in [6, 6.07) is 11.9. The van der Waals surface area contributed by atoms with Gasteiger partial charge in [0, 0.05) is 32.4 Å². The zero-order valence-electron chi connectivity index (χ0n) is 15.6. The minimum atomic E-state index is 0. The van der Waals surface area contributed by atoms with Gasteiger partial charge in [-0.1, -0.05) is 6.07 Å². The number of nitrogens with two attached hydrogens (primary N) is 1. The molecule has 1 aliphatic heterocycles. The van der Waals surface area contributed by atoms with E-state index < -0.39 is 0 Å². The minimum Gasteiger partial charge on any atom is -0.461 e. The maximum atomic E-state index is 6.03. The van der Waals surface area contributed by atoms with Crippen LogP contribution in [0.4, 0.5) is 5.69 Å². The van der Waals surface area contributed by atoms with Crippen molar-refractivity contribution in [2.75, 3.05) is 32.8 Å². The largest absolute Gasteiger partial charge is 0.461 e. The van der Waals surface area contributed by atoms with Crippen molar-refractivity contribution < 1.29 is 9.15 Å². The number of benzene rings is 1. The summed E-state index contributed by atoms with van der Waals surface area (Å²) in [5, 5.41) is 1.21. The highest BCUT2D eigenvalue weighted by atomic mass is 35.5. The first-order valence-corrected chi connectivity index (χ1v) is 9.07. The van der Waals surface area contributed by atoms with Crippen LogP contribution in [0.2, 0.25) is 0 Å². The molecule has 0 aliphatic carbocycles. The number of nitrogens with zero attached hydrogens (tertiary/aromatic N) is 3. The molecule has 1 fully saturated rings. The van der Waals surface area contributed by atoms with Crippen molar-refractivity contribution in [3.8, 4) is 0 Å². The van der Waals surface area contributed by atoms with Crippen LogP contribution in [-0.2, 0) is 11.3 Å². The van der Waals surface area contributed by atoms with Crippen LogP contribution in [0.1, 0.15) is 12.2 Å². The van der Waals surface area contributed by atoms with Crippen LogP contribution in [0.5, 0.6) is 0 Å². The fourth-order valence-corrected chi connectivity index (χ4v) is 3.34. The Hall–Kier alpha value is -1.99. The number of hydrogen-bond donors (Lipinski definition) is 1. The SMILES string of the molecule is Cl.Cl.NC(=Nc1ccc2ccn(CCCN3CCOCC3)c2c1)c1ccco1. The highest BCUT2D eigenvalue weighted by molar-refractivity contribution is 5.97. The van der Waals surface area contributed by atoms with Gasteiger partial charge in [0.15, 0.2) is 11.6 Å². The zero-order valence-corrected chi connectivity index (χ0v) is 17.3. The van der Waals surface area contributed by atoms with Gasteiger partial charge in [-0.3, -0.25) is 4.90 Å². The van der Waals surface area contributed by atoms with Gasteiger partial charge in [-0.2, -0.15) is 0 Å². The van der Waals surface area contributed by atoms with Crippen molar-refractivity contribution in [3.63, 3.8) is 0 Å². The fraction of sp³-hybridized carbons (Fsp3) is 0.350. The lowest BCUT2D eigenvalue weighted by molar-refractivity contribution is 0.0370. The molecule has 0 spiro atoms. The number of aliphatic imine (C=N–C) groups is 1. The number of aromatic nitrogens is 1. The van der Waals surface area contributed by atoms with Gasteiger partial charge in [0.2, 0.25) is 0 Å². The number of ether oxygens (including phenoxy) is 1. The molecule has 0 unspecified atom stereocenters. The third kappa shape index (κ3) is 5.29. The molecule has 0 bridgehead atoms. The second-order valence-electron chi connectivity index (χ2n) is 6.53. The standard InChI is InChI=1S/C20H24N4O2.2ClH/c21-20(19-3-1-12-26-19)22-17-5-4-16-6-9-24(18(16)15-17)8-2-7-23-10-13-25-14-11-23;;/h1,3-6,9,12,15H,2,7-8,10-11,13-14H2,(H2,21,22);2*1H. The highest BCUT2D eigenvalue weighted by Gasteiger charge is 2.10. The van der Waals surface area contributed by atoms with Crippen molar-refractivity contribution in [2.45, 2.75) is 13.0 Å². The molecular formula is C20H26Cl2N4O2. The Morgan fingerprint density at radius 3 is 2.64 bits per heavy atom. The van der Waals surface area contributed by atoms with E-state index in [9.17, 15) is 0 Å². The van der Waals surface area contributed by atoms with Gasteiger partial charge in [-0.25, -0.2) is 4.99 Å². The Morgan fingerprint density at radius 2 is 1.89 bits per heavy atom. The molecule has 8 heteroatoms. The third-order valence-electron chi connectivity index (χ3n) is 4.76. The molecule has 4 rings (SSSR count). The molecule has 152 valence electrons. The van der Waals surface area contributed by atoms with Gasteiger partial charge in [0.1, 0.15) is 0 Å². The van der Waals surface area contributed by atoms with Crippen LogP contribution in [0.3, 0.4) is 0 Å². The van der Waals surface area contributed by atoms with Crippen LogP contribution >= 0.6 is 24.8 Å². The summed E-state index contributed by atoms with van der Waals surface area (Å²) in [7, 11) is 0. The summed E-state index contributed by atoms with van der Waals surface area (Å²) < 4.78 is 13.0. The smallest absolute Gasteiger partial charge is 0.168 e. The predicted molar refractivity (Wildman–Crippen MR) is 117 cm³/mol. The highest BCUT2D eigenvalue weighted by Crippen LogP contribution is 2.23. The number of amidine groups is 1. The van der Waals surface area contributed by atoms with E-state index in [-0.39, 0.29) is 24.8 Å². The van der Waals surface area contributed by atoms with Crippen molar-refractivity contribution in [1.29, 1.82) is 0 Å². The zero-order chi connectivity index (χ0) is 17.8. The molecule has 2 aromatic heterocycles. The first-order valence-electron chi connectivity index (χ1n) is 9.07. The van der Waals surface area contributed by atoms with E-state index in [1.165, 1.54) is 10.9 Å². The van der Waals surface area contributed by atoms with Crippen LogP contribution in [0.25, 0.3) is 10.9 Å². The molecule has 0 saturated carbocycles. The second kappa shape index (κ2) is 10.5. The molecule has 3 aromatic rings. The van der Waals surface area contributed by atoms with Gasteiger partial charge in [-0.05, 0) is 42.1 Å². The Balaban J connectivity index is 0.00000140. The number of aryl methyl sites for hydroxylation is 1. The van der Waals surface area contributed by atoms with E-state index in [4.69, 9.17) is 14.9 Å². The summed E-state index contributed by atoms with van der Waals surface area (Å²) in [6.45, 7) is 5.87. The minimum absolute atomic E-state index is 0. The van der Waals surface area contributed by atoms with Crippen molar-refractivity contribution >= 4 is 47.2 Å². The summed E-state index contributed by atoms with van der Waals surface area (Å²) in [5.74, 6) is 0.978. The first-order chi connectivity index (χ1) is 12.8. The van der Waals surface area contributed by atoms with E-state index in [1.807, 2.05) is 12.1 Å². The Kier molecular flexibility index (Phi) is 8.38. The summed E-state index contributed by atoms with van der Waals surface area (Å²) in [4.78, 5) is 6.96. The molecular weight excluding hydrogens is 399 g/mol. The van der Waals surface area contributed by atoms with E-state index in [0.29, 0.717) is 11.6 Å². The summed E-state index contributed by atoms with van der Waals surface area (Å²) >= 11 is 0. The normalized spacial score (nSPS) is 15.2. The van der Waals surface area contributed by atoms with Crippen molar-refractivity contribution in [3.05, 3.63) is 54.6 Å². The number of hydrogen-bond acceptors (Lipinski definition) is 4. The molecule has 0 atom stereocenters. The predicted octanol–water partition coefficient (Wildman–Crippen LogP) is 3.84. The van der Waals surface area contributed by atoms with Gasteiger partial charge < -0.3 is 19.5 Å². The molecule has 28 heavy (non-hydrogen) atoms. The first kappa shape index (κ1) is 22.3. The number of halogens is 2. The monoisotopic (exact) mass is 424 g/mol. The Morgan fingerprint density at radius 1 is 1.07 bits per heavy atom. The summed E-state index contributed by atoms with van der Waals surface area (Å²) in [6.07, 6.45) is 4.86. The van der Waals surface area contributed by atoms with Gasteiger partial charge in [0.05, 0.1) is 30.7 Å². The summed E-state index contributed by atoms with van der Waals surface area (Å²) in [5.41, 5.74) is 8.04. The molecule has 1 aliphatic rings. The fourth-order valence-electron chi connectivity index (χ4n) is 3.34. The lowest BCUT2D eigenvalue weighted by Gasteiger charge is -2.26. The quantitative estimate of drug-likeness (QED) is 0.481.